The Kier molecular flexibility index (Phi) is 5.35. The molecule has 3 nitrogen and oxygen atoms in total. The average Bonchev–Trinajstić information content (AvgIpc) is 1.65. The minimum absolute atomic E-state index is 0.343. The van der Waals surface area contributed by atoms with Crippen LogP contribution in [-0.4, -0.2) is 24.8 Å². The molecule has 0 aromatic heterocycles. The first-order chi connectivity index (χ1) is 7.12. The summed E-state index contributed by atoms with van der Waals surface area (Å²) < 4.78 is 17.8. The number of rotatable bonds is 3. The van der Waals surface area contributed by atoms with Crippen molar-refractivity contribution in [3.63, 3.8) is 0 Å². The zero-order valence-corrected chi connectivity index (χ0v) is 14.6. The Morgan fingerprint density at radius 2 is 0.765 bits per heavy atom. The summed E-state index contributed by atoms with van der Waals surface area (Å²) in [5.74, 6) is 0. The van der Waals surface area contributed by atoms with E-state index >= 15 is 0 Å². The zero-order chi connectivity index (χ0) is 14.1. The molecular weight excluding hydrogens is 252 g/mol. The van der Waals surface area contributed by atoms with Crippen LogP contribution in [0.15, 0.2) is 0 Å². The first-order valence-electron chi connectivity index (χ1n) is 5.95. The Morgan fingerprint density at radius 3 is 0.882 bits per heavy atom. The van der Waals surface area contributed by atoms with Gasteiger partial charge in [0.25, 0.3) is 0 Å². The Hall–Kier alpha value is 0.447. The highest BCUT2D eigenvalue weighted by Crippen LogP contribution is 2.30. The molecule has 104 valence electrons. The minimum Gasteiger partial charge on any atom is -0.360 e. The van der Waals surface area contributed by atoms with Crippen LogP contribution in [0.25, 0.3) is 0 Å². The van der Waals surface area contributed by atoms with Gasteiger partial charge in [0, 0.05) is 0 Å². The van der Waals surface area contributed by atoms with Crippen molar-refractivity contribution in [3.05, 3.63) is 0 Å². The second-order valence-electron chi connectivity index (χ2n) is 7.17. The van der Waals surface area contributed by atoms with Crippen molar-refractivity contribution in [2.24, 2.45) is 0 Å². The quantitative estimate of drug-likeness (QED) is 0.629. The second kappa shape index (κ2) is 5.21. The molecule has 0 heterocycles. The van der Waals surface area contributed by atoms with Crippen LogP contribution in [0, 0.1) is 0 Å². The summed E-state index contributed by atoms with van der Waals surface area (Å²) in [5, 5.41) is 0. The lowest BCUT2D eigenvalue weighted by Gasteiger charge is -2.39. The molecule has 0 radical (unpaired) electrons. The molecule has 0 atom stereocenters. The highest BCUT2D eigenvalue weighted by atomic mass is 32.3. The largest absolute Gasteiger partial charge is 0.571 e. The van der Waals surface area contributed by atoms with E-state index in [0.717, 1.165) is 0 Å². The van der Waals surface area contributed by atoms with Crippen molar-refractivity contribution in [3.8, 4) is 0 Å². The molecule has 0 aliphatic carbocycles. The van der Waals surface area contributed by atoms with E-state index in [-0.39, 0.29) is 16.8 Å². The van der Waals surface area contributed by atoms with Crippen molar-refractivity contribution >= 4 is 20.0 Å². The first kappa shape index (κ1) is 17.4. The highest BCUT2D eigenvalue weighted by molar-refractivity contribution is 8.11. The van der Waals surface area contributed by atoms with Crippen molar-refractivity contribution in [1.82, 2.24) is 0 Å². The fourth-order valence-corrected chi connectivity index (χ4v) is 6.13. The highest BCUT2D eigenvalue weighted by Gasteiger charge is 2.47. The fourth-order valence-electron chi connectivity index (χ4n) is 1.22. The van der Waals surface area contributed by atoms with Gasteiger partial charge in [-0.2, -0.15) is 0 Å². The molecule has 0 rings (SSSR count). The number of thiol groups is 1. The number of hydrogen-bond acceptors (Lipinski definition) is 4. The van der Waals surface area contributed by atoms with Gasteiger partial charge in [-0.1, -0.05) is 0 Å². The molecule has 0 aromatic carbocycles. The SMILES string of the molecule is CC(C)(C)O[Si](S)(OC(C)(C)C)OC(C)(C)C. The van der Waals surface area contributed by atoms with Crippen molar-refractivity contribution in [2.75, 3.05) is 0 Å². The molecule has 0 N–H and O–H groups in total. The van der Waals surface area contributed by atoms with Crippen LogP contribution in [0.2, 0.25) is 0 Å². The summed E-state index contributed by atoms with van der Waals surface area (Å²) in [6.07, 6.45) is 0. The van der Waals surface area contributed by atoms with Crippen LogP contribution in [0.1, 0.15) is 62.3 Å². The van der Waals surface area contributed by atoms with Gasteiger partial charge in [0.2, 0.25) is 0 Å². The van der Waals surface area contributed by atoms with Gasteiger partial charge in [0.05, 0.1) is 16.8 Å². The predicted molar refractivity (Wildman–Crippen MR) is 77.3 cm³/mol. The van der Waals surface area contributed by atoms with Crippen LogP contribution >= 0.6 is 12.1 Å². The lowest BCUT2D eigenvalue weighted by molar-refractivity contribution is -0.0574. The molecule has 0 bridgehead atoms. The topological polar surface area (TPSA) is 27.7 Å². The molecule has 0 aromatic rings. The van der Waals surface area contributed by atoms with E-state index in [2.05, 4.69) is 12.1 Å². The first-order valence-corrected chi connectivity index (χ1v) is 8.96. The standard InChI is InChI=1S/C12H28O3SSi/c1-10(2,3)13-17(16,14-11(4,5)6)15-12(7,8)9/h16H,1-9H3. The van der Waals surface area contributed by atoms with E-state index in [1.807, 2.05) is 62.3 Å². The third-order valence-electron chi connectivity index (χ3n) is 1.31. The molecule has 0 saturated carbocycles. The summed E-state index contributed by atoms with van der Waals surface area (Å²) in [6, 6.07) is 0. The van der Waals surface area contributed by atoms with Crippen LogP contribution < -0.4 is 0 Å². The normalized spacial score (nSPS) is 15.2. The zero-order valence-electron chi connectivity index (χ0n) is 12.7. The fraction of sp³-hybridized carbons (Fsp3) is 1.00. The average molecular weight is 281 g/mol. The van der Waals surface area contributed by atoms with Crippen molar-refractivity contribution < 1.29 is 13.3 Å². The molecule has 0 amide bonds. The molecule has 5 heteroatoms. The molecule has 0 aliphatic rings. The van der Waals surface area contributed by atoms with Crippen molar-refractivity contribution in [2.45, 2.75) is 79.1 Å². The van der Waals surface area contributed by atoms with E-state index in [9.17, 15) is 0 Å². The second-order valence-corrected chi connectivity index (χ2v) is 10.5. The van der Waals surface area contributed by atoms with Gasteiger partial charge in [-0.05, 0) is 62.3 Å². The lowest BCUT2D eigenvalue weighted by Crippen LogP contribution is -2.53. The van der Waals surface area contributed by atoms with E-state index in [1.54, 1.807) is 0 Å². The molecule has 17 heavy (non-hydrogen) atoms. The van der Waals surface area contributed by atoms with E-state index in [0.29, 0.717) is 0 Å². The Bertz CT molecular complexity index is 207. The third-order valence-corrected chi connectivity index (χ3v) is 4.74. The molecular formula is C12H28O3SSi. The lowest BCUT2D eigenvalue weighted by atomic mass is 10.2. The van der Waals surface area contributed by atoms with Gasteiger partial charge in [-0.15, -0.1) is 12.1 Å². The molecule has 0 unspecified atom stereocenters. The summed E-state index contributed by atoms with van der Waals surface area (Å²) in [5.41, 5.74) is -1.03. The van der Waals surface area contributed by atoms with Gasteiger partial charge in [-0.25, -0.2) is 0 Å². The predicted octanol–water partition coefficient (Wildman–Crippen LogP) is 3.80. The smallest absolute Gasteiger partial charge is 0.360 e. The van der Waals surface area contributed by atoms with Gasteiger partial charge in [0.15, 0.2) is 0 Å². The maximum Gasteiger partial charge on any atom is 0.571 e. The monoisotopic (exact) mass is 280 g/mol. The minimum atomic E-state index is -2.96. The van der Waals surface area contributed by atoms with Crippen LogP contribution in [-0.2, 0) is 13.3 Å². The van der Waals surface area contributed by atoms with Gasteiger partial charge < -0.3 is 13.3 Å². The van der Waals surface area contributed by atoms with Crippen molar-refractivity contribution in [1.29, 1.82) is 0 Å². The number of hydrogen-bond donors (Lipinski definition) is 1. The van der Waals surface area contributed by atoms with E-state index in [1.165, 1.54) is 0 Å². The molecule has 0 spiro atoms. The molecule has 0 saturated heterocycles. The molecule has 0 fully saturated rings. The van der Waals surface area contributed by atoms with Gasteiger partial charge in [0.1, 0.15) is 0 Å². The summed E-state index contributed by atoms with van der Waals surface area (Å²) in [7, 11) is -2.96. The maximum absolute atomic E-state index is 5.94. The van der Waals surface area contributed by atoms with Gasteiger partial charge >= 0.3 is 7.95 Å². The summed E-state index contributed by atoms with van der Waals surface area (Å²) in [6.45, 7) is 17.8. The Balaban J connectivity index is 4.95. The van der Waals surface area contributed by atoms with Crippen LogP contribution in [0.3, 0.4) is 0 Å². The maximum atomic E-state index is 5.94. The summed E-state index contributed by atoms with van der Waals surface area (Å²) in [4.78, 5) is 0. The Morgan fingerprint density at radius 1 is 0.588 bits per heavy atom. The Labute approximate surface area is 113 Å². The van der Waals surface area contributed by atoms with E-state index < -0.39 is 7.95 Å². The molecule has 0 aliphatic heterocycles. The van der Waals surface area contributed by atoms with Gasteiger partial charge in [-0.3, -0.25) is 0 Å². The van der Waals surface area contributed by atoms with E-state index in [4.69, 9.17) is 13.3 Å². The summed E-state index contributed by atoms with van der Waals surface area (Å²) >= 11 is 4.57. The van der Waals surface area contributed by atoms with Crippen LogP contribution in [0.4, 0.5) is 0 Å². The third kappa shape index (κ3) is 10.1. The van der Waals surface area contributed by atoms with Crippen LogP contribution in [0.5, 0.6) is 0 Å².